The van der Waals surface area contributed by atoms with Gasteiger partial charge in [-0.2, -0.15) is 5.26 Å². The van der Waals surface area contributed by atoms with E-state index in [2.05, 4.69) is 11.8 Å². The van der Waals surface area contributed by atoms with Gasteiger partial charge in [-0.15, -0.1) is 0 Å². The van der Waals surface area contributed by atoms with Crippen molar-refractivity contribution in [2.24, 2.45) is 0 Å². The summed E-state index contributed by atoms with van der Waals surface area (Å²) in [5.74, 6) is 4.10. The lowest BCUT2D eigenvalue weighted by atomic mass is 10.1. The van der Waals surface area contributed by atoms with Gasteiger partial charge in [0.15, 0.2) is 6.07 Å². The molecule has 0 aromatic heterocycles. The molecule has 0 fully saturated rings. The lowest BCUT2D eigenvalue weighted by molar-refractivity contribution is 0.0697. The molecule has 0 saturated carbocycles. The predicted octanol–water partition coefficient (Wildman–Crippen LogP) is 1.27. The molecule has 0 bridgehead atoms. The standard InChI is InChI=1S/C11H7NO3/c1-15-10-5-4-9(11(13)14)7-8(10)3-2-6-12/h4-5,7H,1H3,(H,13,14). The second-order valence-electron chi connectivity index (χ2n) is 2.58. The Labute approximate surface area is 86.7 Å². The van der Waals surface area contributed by atoms with Crippen molar-refractivity contribution in [3.05, 3.63) is 29.3 Å². The van der Waals surface area contributed by atoms with Crippen LogP contribution in [0.4, 0.5) is 0 Å². The Morgan fingerprint density at radius 3 is 2.80 bits per heavy atom. The van der Waals surface area contributed by atoms with E-state index in [1.165, 1.54) is 25.3 Å². The minimum atomic E-state index is -1.04. The van der Waals surface area contributed by atoms with Gasteiger partial charge < -0.3 is 9.84 Å². The van der Waals surface area contributed by atoms with Gasteiger partial charge in [0.1, 0.15) is 5.75 Å². The summed E-state index contributed by atoms with van der Waals surface area (Å²) in [4.78, 5) is 10.7. The summed E-state index contributed by atoms with van der Waals surface area (Å²) < 4.78 is 4.97. The van der Waals surface area contributed by atoms with Gasteiger partial charge in [-0.1, -0.05) is 0 Å². The van der Waals surface area contributed by atoms with Crippen molar-refractivity contribution in [1.82, 2.24) is 0 Å². The average molecular weight is 201 g/mol. The Bertz CT molecular complexity index is 489. The predicted molar refractivity (Wildman–Crippen MR) is 52.4 cm³/mol. The fourth-order valence-corrected chi connectivity index (χ4v) is 1.03. The summed E-state index contributed by atoms with van der Waals surface area (Å²) in [5.41, 5.74) is 0.497. The maximum atomic E-state index is 10.7. The fraction of sp³-hybridized carbons (Fsp3) is 0.0909. The largest absolute Gasteiger partial charge is 0.495 e. The Hall–Kier alpha value is -2.46. The van der Waals surface area contributed by atoms with Gasteiger partial charge in [0, 0.05) is 5.92 Å². The van der Waals surface area contributed by atoms with Crippen LogP contribution in [-0.2, 0) is 0 Å². The first kappa shape index (κ1) is 10.6. The van der Waals surface area contributed by atoms with E-state index in [1.54, 1.807) is 6.07 Å². The number of benzene rings is 1. The summed E-state index contributed by atoms with van der Waals surface area (Å²) in [6.07, 6.45) is 0. The van der Waals surface area contributed by atoms with Crippen molar-refractivity contribution in [3.63, 3.8) is 0 Å². The zero-order valence-corrected chi connectivity index (χ0v) is 7.94. The van der Waals surface area contributed by atoms with Gasteiger partial charge >= 0.3 is 5.97 Å². The monoisotopic (exact) mass is 201 g/mol. The topological polar surface area (TPSA) is 70.3 Å². The van der Waals surface area contributed by atoms with Crippen LogP contribution in [0.15, 0.2) is 18.2 Å². The number of carboxylic acids is 1. The van der Waals surface area contributed by atoms with Gasteiger partial charge in [0.05, 0.1) is 18.2 Å². The molecule has 0 heterocycles. The highest BCUT2D eigenvalue weighted by Gasteiger charge is 2.06. The van der Waals surface area contributed by atoms with Gasteiger partial charge in [-0.3, -0.25) is 0 Å². The number of hydrogen-bond donors (Lipinski definition) is 1. The van der Waals surface area contributed by atoms with Crippen molar-refractivity contribution in [1.29, 1.82) is 5.26 Å². The van der Waals surface area contributed by atoms with Crippen LogP contribution in [0, 0.1) is 23.2 Å². The Balaban J connectivity index is 3.26. The number of hydrogen-bond acceptors (Lipinski definition) is 3. The highest BCUT2D eigenvalue weighted by molar-refractivity contribution is 5.88. The van der Waals surface area contributed by atoms with Crippen LogP contribution in [-0.4, -0.2) is 18.2 Å². The van der Waals surface area contributed by atoms with Crippen LogP contribution in [0.2, 0.25) is 0 Å². The van der Waals surface area contributed by atoms with Crippen molar-refractivity contribution in [3.8, 4) is 23.7 Å². The Morgan fingerprint density at radius 1 is 1.53 bits per heavy atom. The lowest BCUT2D eigenvalue weighted by Crippen LogP contribution is -1.98. The molecule has 0 saturated heterocycles. The summed E-state index contributed by atoms with van der Waals surface area (Å²) >= 11 is 0. The maximum absolute atomic E-state index is 10.7. The molecule has 1 aromatic carbocycles. The minimum Gasteiger partial charge on any atom is -0.495 e. The first-order valence-electron chi connectivity index (χ1n) is 4.00. The van der Waals surface area contributed by atoms with Crippen molar-refractivity contribution in [2.75, 3.05) is 7.11 Å². The second-order valence-corrected chi connectivity index (χ2v) is 2.58. The quantitative estimate of drug-likeness (QED) is 0.731. The number of ether oxygens (including phenoxy) is 1. The number of carboxylic acid groups (broad SMARTS) is 1. The maximum Gasteiger partial charge on any atom is 0.335 e. The van der Waals surface area contributed by atoms with Crippen LogP contribution >= 0.6 is 0 Å². The number of rotatable bonds is 2. The van der Waals surface area contributed by atoms with E-state index in [4.69, 9.17) is 15.1 Å². The molecule has 15 heavy (non-hydrogen) atoms. The molecule has 0 aliphatic rings. The smallest absolute Gasteiger partial charge is 0.335 e. The van der Waals surface area contributed by atoms with Crippen molar-refractivity contribution < 1.29 is 14.6 Å². The van der Waals surface area contributed by atoms with Crippen LogP contribution in [0.5, 0.6) is 5.75 Å². The Morgan fingerprint density at radius 2 is 2.27 bits per heavy atom. The number of aromatic carboxylic acids is 1. The molecule has 1 N–H and O–H groups in total. The van der Waals surface area contributed by atoms with E-state index < -0.39 is 5.97 Å². The molecule has 0 amide bonds. The average Bonchev–Trinajstić information content (AvgIpc) is 2.25. The molecule has 0 atom stereocenters. The molecule has 0 aliphatic carbocycles. The van der Waals surface area contributed by atoms with E-state index in [-0.39, 0.29) is 5.56 Å². The summed E-state index contributed by atoms with van der Waals surface area (Å²) in [7, 11) is 1.45. The molecule has 1 aromatic rings. The number of nitriles is 1. The lowest BCUT2D eigenvalue weighted by Gasteiger charge is -2.03. The van der Waals surface area contributed by atoms with E-state index in [0.717, 1.165) is 0 Å². The third-order valence-corrected chi connectivity index (χ3v) is 1.70. The SMILES string of the molecule is COc1ccc(C(=O)O)cc1C#CC#N. The van der Waals surface area contributed by atoms with Gasteiger partial charge in [-0.05, 0) is 24.1 Å². The van der Waals surface area contributed by atoms with E-state index >= 15 is 0 Å². The third kappa shape index (κ3) is 2.49. The normalized spacial score (nSPS) is 8.27. The summed E-state index contributed by atoms with van der Waals surface area (Å²) in [6, 6.07) is 5.94. The number of nitrogens with zero attached hydrogens (tertiary/aromatic N) is 1. The molecular weight excluding hydrogens is 194 g/mol. The van der Waals surface area contributed by atoms with Gasteiger partial charge in [-0.25, -0.2) is 4.79 Å². The molecule has 74 valence electrons. The molecular formula is C11H7NO3. The Kier molecular flexibility index (Phi) is 3.32. The number of carbonyl (C=O) groups is 1. The van der Waals surface area contributed by atoms with E-state index in [0.29, 0.717) is 11.3 Å². The van der Waals surface area contributed by atoms with Crippen molar-refractivity contribution in [2.45, 2.75) is 0 Å². The van der Waals surface area contributed by atoms with Crippen LogP contribution < -0.4 is 4.74 Å². The molecule has 4 nitrogen and oxygen atoms in total. The van der Waals surface area contributed by atoms with Crippen LogP contribution in [0.3, 0.4) is 0 Å². The highest BCUT2D eigenvalue weighted by Crippen LogP contribution is 2.18. The minimum absolute atomic E-state index is 0.109. The van der Waals surface area contributed by atoms with Crippen molar-refractivity contribution >= 4 is 5.97 Å². The summed E-state index contributed by atoms with van der Waals surface area (Å²) in [5, 5.41) is 17.0. The molecule has 1 rings (SSSR count). The van der Waals surface area contributed by atoms with E-state index in [1.807, 2.05) is 0 Å². The second kappa shape index (κ2) is 4.69. The molecule has 0 unspecified atom stereocenters. The third-order valence-electron chi connectivity index (χ3n) is 1.70. The zero-order chi connectivity index (χ0) is 11.3. The first-order valence-corrected chi connectivity index (χ1v) is 4.00. The molecule has 0 spiro atoms. The summed E-state index contributed by atoms with van der Waals surface area (Å²) in [6.45, 7) is 0. The first-order chi connectivity index (χ1) is 7.19. The fourth-order valence-electron chi connectivity index (χ4n) is 1.03. The molecule has 4 heteroatoms. The van der Waals surface area contributed by atoms with Gasteiger partial charge in [0.25, 0.3) is 0 Å². The molecule has 0 aliphatic heterocycles. The van der Waals surface area contributed by atoms with Crippen LogP contribution in [0.25, 0.3) is 0 Å². The zero-order valence-electron chi connectivity index (χ0n) is 7.94. The molecule has 0 radical (unpaired) electrons. The highest BCUT2D eigenvalue weighted by atomic mass is 16.5. The van der Waals surface area contributed by atoms with Crippen LogP contribution in [0.1, 0.15) is 15.9 Å². The van der Waals surface area contributed by atoms with E-state index in [9.17, 15) is 4.79 Å². The van der Waals surface area contributed by atoms with Gasteiger partial charge in [0.2, 0.25) is 0 Å². The number of methoxy groups -OCH3 is 1.